The van der Waals surface area contributed by atoms with Crippen LogP contribution in [0.15, 0.2) is 65.2 Å². The second-order valence-corrected chi connectivity index (χ2v) is 10.2. The van der Waals surface area contributed by atoms with Gasteiger partial charge in [-0.2, -0.15) is 0 Å². The molecule has 1 aliphatic rings. The summed E-state index contributed by atoms with van der Waals surface area (Å²) in [5, 5.41) is 0.602. The van der Waals surface area contributed by atoms with E-state index < -0.39 is 20.3 Å². The summed E-state index contributed by atoms with van der Waals surface area (Å²) in [5.74, 6) is 0. The van der Waals surface area contributed by atoms with Crippen LogP contribution in [-0.4, -0.2) is 22.1 Å². The lowest BCUT2D eigenvalue weighted by atomic mass is 9.87. The number of hydrogen-bond acceptors (Lipinski definition) is 3. The Kier molecular flexibility index (Phi) is 4.42. The van der Waals surface area contributed by atoms with E-state index in [1.807, 2.05) is 19.1 Å². The highest BCUT2D eigenvalue weighted by molar-refractivity contribution is 7.91. The minimum absolute atomic E-state index is 0.158. The van der Waals surface area contributed by atoms with E-state index in [0.29, 0.717) is 11.8 Å². The molecule has 0 saturated heterocycles. The monoisotopic (exact) mass is 408 g/mol. The van der Waals surface area contributed by atoms with Crippen LogP contribution in [0, 0.1) is 13.8 Å². The summed E-state index contributed by atoms with van der Waals surface area (Å²) in [6.45, 7) is 7.72. The molecule has 1 atom stereocenters. The molecule has 1 N–H and O–H groups in total. The molecule has 3 aromatic rings. The molecule has 0 bridgehead atoms. The number of aromatic nitrogens is 2. The Labute approximate surface area is 170 Å². The van der Waals surface area contributed by atoms with E-state index >= 15 is 0 Å². The van der Waals surface area contributed by atoms with Crippen molar-refractivity contribution in [2.75, 3.05) is 0 Å². The van der Waals surface area contributed by atoms with Crippen LogP contribution >= 0.6 is 0 Å². The standard InChI is InChI=1S/C23H24N2O3S/c1-15-5-6-19(13-16(15)2)20-7-10-23(4,17(3)14-20)29(27,28)25-12-9-18-8-11-24-22(26)21(18)25/h5-9,11-14H,10H2,1-4H3,(H,24,26). The van der Waals surface area contributed by atoms with Crippen molar-refractivity contribution in [2.45, 2.75) is 38.9 Å². The van der Waals surface area contributed by atoms with Crippen molar-refractivity contribution in [3.63, 3.8) is 0 Å². The van der Waals surface area contributed by atoms with Crippen molar-refractivity contribution < 1.29 is 8.42 Å². The van der Waals surface area contributed by atoms with Gasteiger partial charge in [-0.25, -0.2) is 12.4 Å². The molecule has 0 fully saturated rings. The van der Waals surface area contributed by atoms with Crippen molar-refractivity contribution in [2.24, 2.45) is 0 Å². The summed E-state index contributed by atoms with van der Waals surface area (Å²) in [7, 11) is -3.85. The number of rotatable bonds is 3. The van der Waals surface area contributed by atoms with Crippen molar-refractivity contribution in [3.05, 3.63) is 87.5 Å². The Morgan fingerprint density at radius 1 is 1.07 bits per heavy atom. The number of nitrogens with one attached hydrogen (secondary N) is 1. The normalized spacial score (nSPS) is 19.9. The fourth-order valence-electron chi connectivity index (χ4n) is 3.83. The van der Waals surface area contributed by atoms with Gasteiger partial charge in [0, 0.05) is 17.8 Å². The van der Waals surface area contributed by atoms with Crippen LogP contribution < -0.4 is 5.56 Å². The molecule has 0 radical (unpaired) electrons. The summed E-state index contributed by atoms with van der Waals surface area (Å²) in [6, 6.07) is 9.63. The molecule has 0 saturated carbocycles. The third-order valence-corrected chi connectivity index (χ3v) is 8.61. The van der Waals surface area contributed by atoms with Crippen LogP contribution in [-0.2, 0) is 10.0 Å². The Morgan fingerprint density at radius 2 is 1.83 bits per heavy atom. The average molecular weight is 409 g/mol. The van der Waals surface area contributed by atoms with Gasteiger partial charge in [0.2, 0.25) is 10.0 Å². The first-order valence-electron chi connectivity index (χ1n) is 9.55. The quantitative estimate of drug-likeness (QED) is 0.702. The van der Waals surface area contributed by atoms with E-state index in [9.17, 15) is 13.2 Å². The number of fused-ring (bicyclic) bond motifs is 1. The number of nitrogens with zero attached hydrogens (tertiary/aromatic N) is 1. The fraction of sp³-hybridized carbons (Fsp3) is 0.261. The van der Waals surface area contributed by atoms with Crippen molar-refractivity contribution in [1.82, 2.24) is 8.96 Å². The lowest BCUT2D eigenvalue weighted by Crippen LogP contribution is -2.41. The summed E-state index contributed by atoms with van der Waals surface area (Å²) in [5.41, 5.74) is 5.02. The van der Waals surface area contributed by atoms with Crippen LogP contribution in [0.1, 0.15) is 37.0 Å². The summed E-state index contributed by atoms with van der Waals surface area (Å²) in [6.07, 6.45) is 7.25. The van der Waals surface area contributed by atoms with Gasteiger partial charge in [-0.05, 0) is 74.1 Å². The molecule has 2 heterocycles. The highest BCUT2D eigenvalue weighted by Crippen LogP contribution is 2.39. The highest BCUT2D eigenvalue weighted by Gasteiger charge is 2.43. The Hall–Kier alpha value is -2.86. The Bertz CT molecular complexity index is 1360. The molecule has 5 nitrogen and oxygen atoms in total. The third kappa shape index (κ3) is 2.90. The molecule has 150 valence electrons. The molecule has 29 heavy (non-hydrogen) atoms. The smallest absolute Gasteiger partial charge is 0.273 e. The first kappa shape index (κ1) is 19.5. The van der Waals surface area contributed by atoms with Crippen molar-refractivity contribution >= 4 is 26.5 Å². The zero-order valence-electron chi connectivity index (χ0n) is 17.0. The predicted octanol–water partition coefficient (Wildman–Crippen LogP) is 4.32. The van der Waals surface area contributed by atoms with Crippen LogP contribution in [0.3, 0.4) is 0 Å². The average Bonchev–Trinajstić information content (AvgIpc) is 3.12. The molecule has 1 aromatic carbocycles. The van der Waals surface area contributed by atoms with Gasteiger partial charge >= 0.3 is 0 Å². The number of aryl methyl sites for hydroxylation is 2. The van der Waals surface area contributed by atoms with E-state index in [0.717, 1.165) is 20.7 Å². The van der Waals surface area contributed by atoms with E-state index in [-0.39, 0.29) is 5.52 Å². The maximum absolute atomic E-state index is 13.6. The third-order valence-electron chi connectivity index (χ3n) is 6.16. The number of H-pyrrole nitrogens is 1. The number of hydrogen-bond donors (Lipinski definition) is 1. The van der Waals surface area contributed by atoms with E-state index in [4.69, 9.17) is 0 Å². The lowest BCUT2D eigenvalue weighted by Gasteiger charge is -2.33. The highest BCUT2D eigenvalue weighted by atomic mass is 32.2. The van der Waals surface area contributed by atoms with Gasteiger partial charge < -0.3 is 4.98 Å². The van der Waals surface area contributed by atoms with Gasteiger partial charge in [-0.1, -0.05) is 30.4 Å². The van der Waals surface area contributed by atoms with Gasteiger partial charge in [0.1, 0.15) is 10.3 Å². The second kappa shape index (κ2) is 6.59. The van der Waals surface area contributed by atoms with Gasteiger partial charge in [-0.15, -0.1) is 0 Å². The first-order valence-corrected chi connectivity index (χ1v) is 11.0. The molecule has 0 aliphatic heterocycles. The SMILES string of the molecule is CC1=CC(c2ccc(C)c(C)c2)=CCC1(C)S(=O)(=O)n1ccc2cc[nH]c(=O)c21. The number of aromatic amines is 1. The van der Waals surface area contributed by atoms with Gasteiger partial charge in [0.05, 0.1) is 0 Å². The van der Waals surface area contributed by atoms with Crippen molar-refractivity contribution in [3.8, 4) is 0 Å². The molecular formula is C23H24N2O3S. The molecule has 6 heteroatoms. The van der Waals surface area contributed by atoms with Crippen LogP contribution in [0.2, 0.25) is 0 Å². The molecule has 2 aromatic heterocycles. The molecule has 4 rings (SSSR count). The number of pyridine rings is 1. The van der Waals surface area contributed by atoms with Gasteiger partial charge in [-0.3, -0.25) is 4.79 Å². The molecular weight excluding hydrogens is 384 g/mol. The van der Waals surface area contributed by atoms with Crippen molar-refractivity contribution in [1.29, 1.82) is 0 Å². The summed E-state index contributed by atoms with van der Waals surface area (Å²) in [4.78, 5) is 14.9. The predicted molar refractivity (Wildman–Crippen MR) is 118 cm³/mol. The summed E-state index contributed by atoms with van der Waals surface area (Å²) >= 11 is 0. The maximum atomic E-state index is 13.6. The lowest BCUT2D eigenvalue weighted by molar-refractivity contribution is 0.547. The van der Waals surface area contributed by atoms with E-state index in [1.165, 1.54) is 23.5 Å². The molecule has 0 amide bonds. The topological polar surface area (TPSA) is 71.9 Å². The second-order valence-electron chi connectivity index (χ2n) is 7.95. The zero-order valence-corrected chi connectivity index (χ0v) is 17.8. The zero-order chi connectivity index (χ0) is 21.0. The molecule has 1 aliphatic carbocycles. The fourth-order valence-corrected chi connectivity index (χ4v) is 5.67. The van der Waals surface area contributed by atoms with E-state index in [1.54, 1.807) is 19.1 Å². The maximum Gasteiger partial charge on any atom is 0.273 e. The van der Waals surface area contributed by atoms with Gasteiger partial charge in [0.25, 0.3) is 5.56 Å². The summed E-state index contributed by atoms with van der Waals surface area (Å²) < 4.78 is 27.3. The van der Waals surface area contributed by atoms with Crippen LogP contribution in [0.25, 0.3) is 16.5 Å². The molecule has 1 unspecified atom stereocenters. The Balaban J connectivity index is 1.79. The van der Waals surface area contributed by atoms with E-state index in [2.05, 4.69) is 37.0 Å². The van der Waals surface area contributed by atoms with Crippen LogP contribution in [0.4, 0.5) is 0 Å². The van der Waals surface area contributed by atoms with Gasteiger partial charge in [0.15, 0.2) is 0 Å². The molecule has 0 spiro atoms. The Morgan fingerprint density at radius 3 is 2.52 bits per heavy atom. The number of benzene rings is 1. The minimum Gasteiger partial charge on any atom is -0.327 e. The van der Waals surface area contributed by atoms with Crippen LogP contribution in [0.5, 0.6) is 0 Å². The minimum atomic E-state index is -3.85. The first-order chi connectivity index (χ1) is 13.6. The number of allylic oxidation sites excluding steroid dienone is 3. The largest absolute Gasteiger partial charge is 0.327 e.